The Bertz CT molecular complexity index is 420. The third-order valence-corrected chi connectivity index (χ3v) is 3.32. The molecule has 0 aromatic heterocycles. The molecule has 0 fully saturated rings. The van der Waals surface area contributed by atoms with Crippen molar-refractivity contribution in [3.8, 4) is 0 Å². The lowest BCUT2D eigenvalue weighted by Gasteiger charge is -2.21. The van der Waals surface area contributed by atoms with Gasteiger partial charge in [0.25, 0.3) is 0 Å². The fraction of sp³-hybridized carbons (Fsp3) is 0.500. The second kappa shape index (κ2) is 6.81. The van der Waals surface area contributed by atoms with Gasteiger partial charge < -0.3 is 10.6 Å². The van der Waals surface area contributed by atoms with Gasteiger partial charge >= 0.3 is 0 Å². The van der Waals surface area contributed by atoms with Crippen molar-refractivity contribution in [2.75, 3.05) is 13.6 Å². The summed E-state index contributed by atoms with van der Waals surface area (Å²) in [6.07, 6.45) is 1.15. The third-order valence-electron chi connectivity index (χ3n) is 3.10. The Labute approximate surface area is 114 Å². The lowest BCUT2D eigenvalue weighted by Crippen LogP contribution is -2.25. The van der Waals surface area contributed by atoms with Crippen LogP contribution in [0.2, 0.25) is 0 Å². The molecular weight excluding hydrogens is 247 g/mol. The fourth-order valence-corrected chi connectivity index (χ4v) is 2.12. The molecule has 18 heavy (non-hydrogen) atoms. The van der Waals surface area contributed by atoms with Crippen molar-refractivity contribution in [3.63, 3.8) is 0 Å². The highest BCUT2D eigenvalue weighted by molar-refractivity contribution is 7.80. The van der Waals surface area contributed by atoms with Crippen molar-refractivity contribution in [1.82, 2.24) is 4.90 Å². The number of benzene rings is 1. The van der Waals surface area contributed by atoms with Crippen LogP contribution in [0.3, 0.4) is 0 Å². The highest BCUT2D eigenvalue weighted by Crippen LogP contribution is 2.14. The highest BCUT2D eigenvalue weighted by Gasteiger charge is 2.10. The summed E-state index contributed by atoms with van der Waals surface area (Å²) in [5.41, 5.74) is 7.25. The second-order valence-corrected chi connectivity index (χ2v) is 5.32. The van der Waals surface area contributed by atoms with Crippen molar-refractivity contribution < 1.29 is 4.39 Å². The molecule has 0 saturated heterocycles. The molecule has 1 rings (SSSR count). The van der Waals surface area contributed by atoms with Crippen molar-refractivity contribution >= 4 is 17.2 Å². The van der Waals surface area contributed by atoms with Crippen LogP contribution in [0.1, 0.15) is 31.4 Å². The first kappa shape index (κ1) is 15.1. The topological polar surface area (TPSA) is 29.3 Å². The quantitative estimate of drug-likeness (QED) is 0.804. The van der Waals surface area contributed by atoms with Gasteiger partial charge in [-0.1, -0.05) is 38.6 Å². The van der Waals surface area contributed by atoms with Crippen molar-refractivity contribution in [2.45, 2.75) is 26.8 Å². The fourth-order valence-electron chi connectivity index (χ4n) is 1.93. The van der Waals surface area contributed by atoms with Crippen LogP contribution < -0.4 is 5.73 Å². The standard InChI is InChI=1S/C14H21FN2S/c1-4-10(2)8-17(3)9-11-5-6-12(15)7-13(11)14(16)18/h5-7,10H,4,8-9H2,1-3H3,(H2,16,18). The second-order valence-electron chi connectivity index (χ2n) is 4.88. The molecule has 0 amide bonds. The van der Waals surface area contributed by atoms with Gasteiger partial charge in [-0.2, -0.15) is 0 Å². The molecule has 1 aromatic rings. The Morgan fingerprint density at radius 3 is 2.72 bits per heavy atom. The molecule has 0 bridgehead atoms. The number of nitrogens with two attached hydrogens (primary N) is 1. The van der Waals surface area contributed by atoms with Crippen molar-refractivity contribution in [3.05, 3.63) is 35.1 Å². The summed E-state index contributed by atoms with van der Waals surface area (Å²) in [7, 11) is 2.05. The molecule has 100 valence electrons. The minimum Gasteiger partial charge on any atom is -0.389 e. The van der Waals surface area contributed by atoms with E-state index in [1.54, 1.807) is 6.07 Å². The summed E-state index contributed by atoms with van der Waals surface area (Å²) < 4.78 is 13.2. The van der Waals surface area contributed by atoms with Gasteiger partial charge in [-0.25, -0.2) is 4.39 Å². The zero-order chi connectivity index (χ0) is 13.7. The molecule has 1 aromatic carbocycles. The van der Waals surface area contributed by atoms with Crippen molar-refractivity contribution in [2.24, 2.45) is 11.7 Å². The number of hydrogen-bond donors (Lipinski definition) is 1. The summed E-state index contributed by atoms with van der Waals surface area (Å²) in [4.78, 5) is 2.46. The van der Waals surface area contributed by atoms with Crippen LogP contribution in [0.5, 0.6) is 0 Å². The Morgan fingerprint density at radius 1 is 1.50 bits per heavy atom. The van der Waals surface area contributed by atoms with Crippen LogP contribution in [-0.2, 0) is 6.54 Å². The number of hydrogen-bond acceptors (Lipinski definition) is 2. The lowest BCUT2D eigenvalue weighted by atomic mass is 10.1. The van der Waals surface area contributed by atoms with E-state index in [0.717, 1.165) is 25.1 Å². The molecule has 0 aliphatic heterocycles. The Morgan fingerprint density at radius 2 is 2.17 bits per heavy atom. The van der Waals surface area contributed by atoms with E-state index in [9.17, 15) is 4.39 Å². The van der Waals surface area contributed by atoms with Crippen LogP contribution in [0, 0.1) is 11.7 Å². The molecule has 2 nitrogen and oxygen atoms in total. The smallest absolute Gasteiger partial charge is 0.123 e. The van der Waals surface area contributed by atoms with Gasteiger partial charge in [-0.3, -0.25) is 0 Å². The summed E-state index contributed by atoms with van der Waals surface area (Å²) in [5.74, 6) is 0.342. The maximum Gasteiger partial charge on any atom is 0.123 e. The van der Waals surface area contributed by atoms with E-state index in [1.807, 2.05) is 0 Å². The van der Waals surface area contributed by atoms with E-state index < -0.39 is 0 Å². The van der Waals surface area contributed by atoms with Crippen LogP contribution in [0.25, 0.3) is 0 Å². The highest BCUT2D eigenvalue weighted by atomic mass is 32.1. The van der Waals surface area contributed by atoms with Gasteiger partial charge in [0.05, 0.1) is 0 Å². The number of nitrogens with zero attached hydrogens (tertiary/aromatic N) is 1. The van der Waals surface area contributed by atoms with E-state index in [4.69, 9.17) is 18.0 Å². The van der Waals surface area contributed by atoms with Gasteiger partial charge in [-0.05, 0) is 30.7 Å². The first-order valence-electron chi connectivity index (χ1n) is 6.20. The molecule has 4 heteroatoms. The molecule has 1 unspecified atom stereocenters. The SMILES string of the molecule is CCC(C)CN(C)Cc1ccc(F)cc1C(N)=S. The Hall–Kier alpha value is -1.00. The van der Waals surface area contributed by atoms with Gasteiger partial charge in [0, 0.05) is 18.7 Å². The van der Waals surface area contributed by atoms with Crippen LogP contribution in [0.4, 0.5) is 4.39 Å². The minimum atomic E-state index is -0.300. The first-order valence-corrected chi connectivity index (χ1v) is 6.61. The zero-order valence-corrected chi connectivity index (χ0v) is 12.1. The van der Waals surface area contributed by atoms with E-state index in [0.29, 0.717) is 11.5 Å². The lowest BCUT2D eigenvalue weighted by molar-refractivity contribution is 0.275. The average molecular weight is 268 g/mol. The first-order chi connectivity index (χ1) is 8.43. The van der Waals surface area contributed by atoms with Crippen LogP contribution in [0.15, 0.2) is 18.2 Å². The molecule has 0 aliphatic carbocycles. The molecule has 0 spiro atoms. The van der Waals surface area contributed by atoms with Gasteiger partial charge in [0.15, 0.2) is 0 Å². The number of rotatable bonds is 6. The molecule has 0 radical (unpaired) electrons. The Balaban J connectivity index is 2.80. The summed E-state index contributed by atoms with van der Waals surface area (Å²) in [6, 6.07) is 4.62. The van der Waals surface area contributed by atoms with Crippen LogP contribution >= 0.6 is 12.2 Å². The van der Waals surface area contributed by atoms with Gasteiger partial charge in [0.2, 0.25) is 0 Å². The average Bonchev–Trinajstić information content (AvgIpc) is 2.30. The van der Waals surface area contributed by atoms with Crippen LogP contribution in [-0.4, -0.2) is 23.5 Å². The molecule has 0 saturated carbocycles. The van der Waals surface area contributed by atoms with E-state index in [1.165, 1.54) is 12.1 Å². The van der Waals surface area contributed by atoms with E-state index in [2.05, 4.69) is 25.8 Å². The number of thiocarbonyl (C=S) groups is 1. The van der Waals surface area contributed by atoms with Gasteiger partial charge in [-0.15, -0.1) is 0 Å². The third kappa shape index (κ3) is 4.35. The maximum atomic E-state index is 13.2. The van der Waals surface area contributed by atoms with Crippen molar-refractivity contribution in [1.29, 1.82) is 0 Å². The van der Waals surface area contributed by atoms with E-state index in [-0.39, 0.29) is 10.8 Å². The predicted molar refractivity (Wildman–Crippen MR) is 78.1 cm³/mol. The largest absolute Gasteiger partial charge is 0.389 e. The molecule has 1 atom stereocenters. The normalized spacial score (nSPS) is 12.7. The number of halogens is 1. The summed E-state index contributed by atoms with van der Waals surface area (Å²) in [5, 5.41) is 0. The molecule has 2 N–H and O–H groups in total. The summed E-state index contributed by atoms with van der Waals surface area (Å²) in [6.45, 7) is 6.13. The van der Waals surface area contributed by atoms with Gasteiger partial charge in [0.1, 0.15) is 10.8 Å². The predicted octanol–water partition coefficient (Wildman–Crippen LogP) is 2.94. The molecular formula is C14H21FN2S. The minimum absolute atomic E-state index is 0.251. The summed E-state index contributed by atoms with van der Waals surface area (Å²) >= 11 is 4.97. The zero-order valence-electron chi connectivity index (χ0n) is 11.2. The molecule has 0 heterocycles. The monoisotopic (exact) mass is 268 g/mol. The van der Waals surface area contributed by atoms with E-state index >= 15 is 0 Å². The maximum absolute atomic E-state index is 13.2. The Kier molecular flexibility index (Phi) is 5.69. The molecule has 0 aliphatic rings.